The molecule has 0 aromatic carbocycles. The van der Waals surface area contributed by atoms with Crippen molar-refractivity contribution in [2.24, 2.45) is 5.92 Å². The number of rotatable bonds is 0. The van der Waals surface area contributed by atoms with E-state index in [1.165, 1.54) is 6.42 Å². The van der Waals surface area contributed by atoms with Gasteiger partial charge in [0.05, 0.1) is 12.2 Å². The molecule has 0 N–H and O–H groups in total. The van der Waals surface area contributed by atoms with Crippen LogP contribution in [0.2, 0.25) is 0 Å². The molecule has 3 heterocycles. The summed E-state index contributed by atoms with van der Waals surface area (Å²) in [4.78, 5) is 0. The molecule has 3 saturated heterocycles. The lowest BCUT2D eigenvalue weighted by atomic mass is 9.91. The van der Waals surface area contributed by atoms with Crippen LogP contribution in [0.5, 0.6) is 0 Å². The third-order valence-electron chi connectivity index (χ3n) is 2.75. The summed E-state index contributed by atoms with van der Waals surface area (Å²) in [6.07, 6.45) is 3.16. The Balaban J connectivity index is 1.96. The number of hydrogen-bond acceptors (Lipinski definition) is 2. The fourth-order valence-electron chi connectivity index (χ4n) is 2.20. The van der Waals surface area contributed by atoms with Crippen LogP contribution in [0.4, 0.5) is 0 Å². The summed E-state index contributed by atoms with van der Waals surface area (Å²) < 4.78 is 11.0. The van der Waals surface area contributed by atoms with Gasteiger partial charge in [0.15, 0.2) is 0 Å². The molecule has 3 aliphatic rings. The summed E-state index contributed by atoms with van der Waals surface area (Å²) in [5, 5.41) is 0. The minimum absolute atomic E-state index is 0.458. The van der Waals surface area contributed by atoms with Crippen LogP contribution in [-0.2, 0) is 9.47 Å². The van der Waals surface area contributed by atoms with Crippen molar-refractivity contribution in [2.45, 2.75) is 37.8 Å². The SMILES string of the molecule is C[C@@H]1C[C@@H]2O[C@H]1[C@H]1O[C@@H]12. The third kappa shape index (κ3) is 0.413. The topological polar surface area (TPSA) is 21.8 Å². The molecule has 9 heavy (non-hydrogen) atoms. The highest BCUT2D eigenvalue weighted by Gasteiger charge is 2.63. The molecule has 0 unspecified atom stereocenters. The van der Waals surface area contributed by atoms with Crippen LogP contribution in [0.1, 0.15) is 13.3 Å². The first-order valence-electron chi connectivity index (χ1n) is 3.67. The average molecular weight is 126 g/mol. The van der Waals surface area contributed by atoms with Crippen LogP contribution >= 0.6 is 0 Å². The van der Waals surface area contributed by atoms with Crippen LogP contribution in [0.3, 0.4) is 0 Å². The molecule has 50 valence electrons. The molecular weight excluding hydrogens is 116 g/mol. The van der Waals surface area contributed by atoms with Crippen molar-refractivity contribution in [1.29, 1.82) is 0 Å². The molecule has 0 radical (unpaired) electrons. The van der Waals surface area contributed by atoms with E-state index in [1.807, 2.05) is 0 Å². The smallest absolute Gasteiger partial charge is 0.113 e. The molecule has 0 aromatic rings. The first kappa shape index (κ1) is 4.69. The Labute approximate surface area is 54.1 Å². The van der Waals surface area contributed by atoms with Crippen molar-refractivity contribution in [3.63, 3.8) is 0 Å². The van der Waals surface area contributed by atoms with Gasteiger partial charge in [0, 0.05) is 0 Å². The molecular formula is C7H10O2. The van der Waals surface area contributed by atoms with Gasteiger partial charge < -0.3 is 9.47 Å². The summed E-state index contributed by atoms with van der Waals surface area (Å²) in [6.45, 7) is 2.25. The second-order valence-electron chi connectivity index (χ2n) is 3.42. The Bertz CT molecular complexity index is 153. The number of epoxide rings is 1. The lowest BCUT2D eigenvalue weighted by Crippen LogP contribution is -2.20. The molecule has 0 saturated carbocycles. The Kier molecular flexibility index (Phi) is 0.616. The van der Waals surface area contributed by atoms with E-state index in [-0.39, 0.29) is 0 Å². The number of ether oxygens (including phenoxy) is 2. The van der Waals surface area contributed by atoms with E-state index in [1.54, 1.807) is 0 Å². The zero-order valence-electron chi connectivity index (χ0n) is 5.41. The molecule has 2 bridgehead atoms. The molecule has 5 atom stereocenters. The van der Waals surface area contributed by atoms with E-state index in [0.717, 1.165) is 5.92 Å². The molecule has 2 heteroatoms. The quantitative estimate of drug-likeness (QED) is 0.442. The summed E-state index contributed by atoms with van der Waals surface area (Å²) in [7, 11) is 0. The molecule has 0 aliphatic carbocycles. The maximum Gasteiger partial charge on any atom is 0.113 e. The second kappa shape index (κ2) is 1.18. The van der Waals surface area contributed by atoms with Gasteiger partial charge in [-0.25, -0.2) is 0 Å². The highest BCUT2D eigenvalue weighted by atomic mass is 16.7. The van der Waals surface area contributed by atoms with E-state index >= 15 is 0 Å². The summed E-state index contributed by atoms with van der Waals surface area (Å²) in [6, 6.07) is 0. The van der Waals surface area contributed by atoms with E-state index in [9.17, 15) is 0 Å². The summed E-state index contributed by atoms with van der Waals surface area (Å²) in [5.41, 5.74) is 0. The van der Waals surface area contributed by atoms with Crippen molar-refractivity contribution < 1.29 is 9.47 Å². The lowest BCUT2D eigenvalue weighted by molar-refractivity contribution is 0.0133. The Morgan fingerprint density at radius 1 is 1.11 bits per heavy atom. The van der Waals surface area contributed by atoms with Gasteiger partial charge in [-0.05, 0) is 12.3 Å². The van der Waals surface area contributed by atoms with Crippen molar-refractivity contribution in [3.05, 3.63) is 0 Å². The van der Waals surface area contributed by atoms with Gasteiger partial charge in [-0.1, -0.05) is 6.92 Å². The van der Waals surface area contributed by atoms with Gasteiger partial charge in [-0.2, -0.15) is 0 Å². The molecule has 3 rings (SSSR count). The van der Waals surface area contributed by atoms with Crippen molar-refractivity contribution in [2.75, 3.05) is 0 Å². The Morgan fingerprint density at radius 2 is 2.00 bits per heavy atom. The van der Waals surface area contributed by atoms with Crippen molar-refractivity contribution in [1.82, 2.24) is 0 Å². The first-order chi connectivity index (χ1) is 4.36. The number of hydrogen-bond donors (Lipinski definition) is 0. The second-order valence-corrected chi connectivity index (χ2v) is 3.42. The fraction of sp³-hybridized carbons (Fsp3) is 1.00. The van der Waals surface area contributed by atoms with Crippen LogP contribution in [0.15, 0.2) is 0 Å². The predicted molar refractivity (Wildman–Crippen MR) is 31.1 cm³/mol. The Morgan fingerprint density at radius 3 is 2.56 bits per heavy atom. The van der Waals surface area contributed by atoms with Crippen molar-refractivity contribution >= 4 is 0 Å². The van der Waals surface area contributed by atoms with E-state index in [2.05, 4.69) is 6.92 Å². The molecule has 0 spiro atoms. The third-order valence-corrected chi connectivity index (χ3v) is 2.75. The fourth-order valence-corrected chi connectivity index (χ4v) is 2.20. The summed E-state index contributed by atoms with van der Waals surface area (Å²) >= 11 is 0. The molecule has 0 amide bonds. The molecule has 2 nitrogen and oxygen atoms in total. The van der Waals surface area contributed by atoms with Gasteiger partial charge >= 0.3 is 0 Å². The average Bonchev–Trinajstić information content (AvgIpc) is 2.46. The van der Waals surface area contributed by atoms with Crippen LogP contribution < -0.4 is 0 Å². The maximum absolute atomic E-state index is 5.62. The minimum Gasteiger partial charge on any atom is -0.369 e. The molecule has 0 aromatic heterocycles. The van der Waals surface area contributed by atoms with Gasteiger partial charge in [0.2, 0.25) is 0 Å². The minimum atomic E-state index is 0.458. The predicted octanol–water partition coefficient (Wildman–Crippen LogP) is 0.561. The van der Waals surface area contributed by atoms with E-state index < -0.39 is 0 Å². The van der Waals surface area contributed by atoms with E-state index in [0.29, 0.717) is 24.4 Å². The van der Waals surface area contributed by atoms with Crippen LogP contribution in [0.25, 0.3) is 0 Å². The van der Waals surface area contributed by atoms with Crippen molar-refractivity contribution in [3.8, 4) is 0 Å². The highest BCUT2D eigenvalue weighted by Crippen LogP contribution is 2.50. The molecule has 3 aliphatic heterocycles. The zero-order chi connectivity index (χ0) is 6.01. The van der Waals surface area contributed by atoms with Crippen LogP contribution in [0, 0.1) is 5.92 Å². The van der Waals surface area contributed by atoms with Gasteiger partial charge in [-0.3, -0.25) is 0 Å². The highest BCUT2D eigenvalue weighted by molar-refractivity contribution is 5.10. The van der Waals surface area contributed by atoms with Gasteiger partial charge in [-0.15, -0.1) is 0 Å². The first-order valence-corrected chi connectivity index (χ1v) is 3.67. The Hall–Kier alpha value is -0.0800. The van der Waals surface area contributed by atoms with E-state index in [4.69, 9.17) is 9.47 Å². The van der Waals surface area contributed by atoms with Gasteiger partial charge in [0.25, 0.3) is 0 Å². The zero-order valence-corrected chi connectivity index (χ0v) is 5.41. The molecule has 3 fully saturated rings. The van der Waals surface area contributed by atoms with Crippen LogP contribution in [-0.4, -0.2) is 24.4 Å². The maximum atomic E-state index is 5.62. The largest absolute Gasteiger partial charge is 0.369 e. The monoisotopic (exact) mass is 126 g/mol. The standard InChI is InChI=1S/C7H10O2/c1-3-2-4-6-7(9-6)5(3)8-4/h3-7H,2H2,1H3/t3-,4+,5-,6-,7-/m1/s1. The summed E-state index contributed by atoms with van der Waals surface area (Å²) in [5.74, 6) is 0.749. The lowest BCUT2D eigenvalue weighted by Gasteiger charge is -2.08. The van der Waals surface area contributed by atoms with Gasteiger partial charge in [0.1, 0.15) is 12.2 Å². The normalized spacial score (nSPS) is 68.3. The number of fused-ring (bicyclic) bond motifs is 5.